The first-order valence-corrected chi connectivity index (χ1v) is 6.51. The van der Waals surface area contributed by atoms with Crippen molar-refractivity contribution in [2.45, 2.75) is 31.5 Å². The summed E-state index contributed by atoms with van der Waals surface area (Å²) >= 11 is 0. The Morgan fingerprint density at radius 1 is 1.30 bits per heavy atom. The van der Waals surface area contributed by atoms with Crippen molar-refractivity contribution in [3.05, 3.63) is 35.4 Å². The molecule has 1 atom stereocenters. The van der Waals surface area contributed by atoms with Gasteiger partial charge in [0.1, 0.15) is 0 Å². The van der Waals surface area contributed by atoms with Crippen molar-refractivity contribution >= 4 is 5.91 Å². The molecule has 20 heavy (non-hydrogen) atoms. The van der Waals surface area contributed by atoms with E-state index in [0.717, 1.165) is 25.0 Å². The molecule has 3 nitrogen and oxygen atoms in total. The van der Waals surface area contributed by atoms with E-state index in [4.69, 9.17) is 0 Å². The number of β-amino-alcohol motifs (C(OH)–C–C–N with tert-alkyl or cyclic N) is 1. The molecule has 1 heterocycles. The Hall–Kier alpha value is -1.56. The Morgan fingerprint density at radius 3 is 2.70 bits per heavy atom. The molecule has 0 aromatic heterocycles. The predicted octanol–water partition coefficient (Wildman–Crippen LogP) is 2.75. The Balaban J connectivity index is 2.09. The van der Waals surface area contributed by atoms with Gasteiger partial charge in [-0.05, 0) is 30.5 Å². The second kappa shape index (κ2) is 5.83. The van der Waals surface area contributed by atoms with Crippen LogP contribution in [0.5, 0.6) is 0 Å². The number of amides is 1. The normalized spacial score (nSPS) is 18.2. The van der Waals surface area contributed by atoms with Gasteiger partial charge in [0.2, 0.25) is 5.91 Å². The van der Waals surface area contributed by atoms with Gasteiger partial charge >= 0.3 is 6.18 Å². The topological polar surface area (TPSA) is 40.5 Å². The minimum absolute atomic E-state index is 0.0418. The highest BCUT2D eigenvalue weighted by molar-refractivity contribution is 5.76. The lowest BCUT2D eigenvalue weighted by atomic mass is 10.0. The van der Waals surface area contributed by atoms with Crippen molar-refractivity contribution in [1.29, 1.82) is 0 Å². The number of hydrogen-bond donors (Lipinski definition) is 1. The van der Waals surface area contributed by atoms with Gasteiger partial charge in [-0.1, -0.05) is 12.1 Å². The van der Waals surface area contributed by atoms with E-state index in [1.807, 2.05) is 0 Å². The summed E-state index contributed by atoms with van der Waals surface area (Å²) in [5.74, 6) is -0.0534. The quantitative estimate of drug-likeness (QED) is 0.928. The van der Waals surface area contributed by atoms with E-state index in [1.54, 1.807) is 0 Å². The number of halogens is 3. The molecule has 1 saturated heterocycles. The molecule has 0 radical (unpaired) electrons. The van der Waals surface area contributed by atoms with Crippen molar-refractivity contribution in [2.75, 3.05) is 13.1 Å². The third-order valence-electron chi connectivity index (χ3n) is 3.41. The summed E-state index contributed by atoms with van der Waals surface area (Å²) in [5.41, 5.74) is -0.614. The largest absolute Gasteiger partial charge is 0.416 e. The maximum atomic E-state index is 12.6. The van der Waals surface area contributed by atoms with E-state index in [-0.39, 0.29) is 18.0 Å². The summed E-state index contributed by atoms with van der Waals surface area (Å²) < 4.78 is 37.8. The van der Waals surface area contributed by atoms with Crippen LogP contribution in [0.3, 0.4) is 0 Å². The molecule has 0 spiro atoms. The molecule has 1 aliphatic rings. The number of hydrogen-bond acceptors (Lipinski definition) is 2. The van der Waals surface area contributed by atoms with Crippen LogP contribution in [0.15, 0.2) is 24.3 Å². The van der Waals surface area contributed by atoms with E-state index in [0.29, 0.717) is 13.0 Å². The SMILES string of the molecule is O=C1CCCCN1CC(O)c1cccc(C(F)(F)F)c1. The third kappa shape index (κ3) is 3.50. The van der Waals surface area contributed by atoms with Gasteiger partial charge in [0.25, 0.3) is 0 Å². The van der Waals surface area contributed by atoms with Gasteiger partial charge in [-0.3, -0.25) is 4.79 Å². The first-order valence-electron chi connectivity index (χ1n) is 6.51. The standard InChI is InChI=1S/C14H16F3NO2/c15-14(16,17)11-5-3-4-10(8-11)12(19)9-18-7-2-1-6-13(18)20/h3-5,8,12,19H,1-2,6-7,9H2. The molecule has 2 rings (SSSR count). The first-order chi connectivity index (χ1) is 9.38. The zero-order chi connectivity index (χ0) is 14.8. The molecule has 1 aromatic carbocycles. The number of likely N-dealkylation sites (tertiary alicyclic amines) is 1. The smallest absolute Gasteiger partial charge is 0.387 e. The molecule has 0 aliphatic carbocycles. The molecule has 1 aliphatic heterocycles. The minimum atomic E-state index is -4.43. The number of rotatable bonds is 3. The molecule has 1 N–H and O–H groups in total. The third-order valence-corrected chi connectivity index (χ3v) is 3.41. The van der Waals surface area contributed by atoms with Crippen LogP contribution in [0.4, 0.5) is 13.2 Å². The summed E-state index contributed by atoms with van der Waals surface area (Å²) in [5, 5.41) is 10.0. The van der Waals surface area contributed by atoms with Gasteiger partial charge in [-0.2, -0.15) is 13.2 Å². The molecule has 1 fully saturated rings. The summed E-state index contributed by atoms with van der Waals surface area (Å²) in [4.78, 5) is 13.1. The Labute approximate surface area is 115 Å². The number of piperidine rings is 1. The van der Waals surface area contributed by atoms with Gasteiger partial charge < -0.3 is 10.0 Å². The molecule has 1 aromatic rings. The van der Waals surface area contributed by atoms with Crippen LogP contribution in [-0.4, -0.2) is 29.0 Å². The number of aliphatic hydroxyl groups is 1. The minimum Gasteiger partial charge on any atom is -0.387 e. The van der Waals surface area contributed by atoms with Gasteiger partial charge in [0.05, 0.1) is 18.2 Å². The first kappa shape index (κ1) is 14.8. The number of benzene rings is 1. The Kier molecular flexibility index (Phi) is 4.32. The molecule has 1 unspecified atom stereocenters. The van der Waals surface area contributed by atoms with E-state index in [2.05, 4.69) is 0 Å². The lowest BCUT2D eigenvalue weighted by Gasteiger charge is -2.29. The highest BCUT2D eigenvalue weighted by Gasteiger charge is 2.31. The van der Waals surface area contributed by atoms with E-state index in [9.17, 15) is 23.1 Å². The van der Waals surface area contributed by atoms with Crippen molar-refractivity contribution < 1.29 is 23.1 Å². The Bertz CT molecular complexity index is 488. The monoisotopic (exact) mass is 287 g/mol. The number of nitrogens with zero attached hydrogens (tertiary/aromatic N) is 1. The van der Waals surface area contributed by atoms with Crippen molar-refractivity contribution in [3.63, 3.8) is 0 Å². The van der Waals surface area contributed by atoms with E-state index in [1.165, 1.54) is 17.0 Å². The molecular weight excluding hydrogens is 271 g/mol. The molecule has 0 saturated carbocycles. The molecule has 110 valence electrons. The van der Waals surface area contributed by atoms with Crippen LogP contribution >= 0.6 is 0 Å². The number of alkyl halides is 3. The average molecular weight is 287 g/mol. The van der Waals surface area contributed by atoms with Crippen LogP contribution in [0, 0.1) is 0 Å². The Morgan fingerprint density at radius 2 is 2.05 bits per heavy atom. The van der Waals surface area contributed by atoms with Gasteiger partial charge in [-0.15, -0.1) is 0 Å². The summed E-state index contributed by atoms with van der Waals surface area (Å²) in [6.45, 7) is 0.592. The van der Waals surface area contributed by atoms with Crippen LogP contribution in [0.25, 0.3) is 0 Å². The van der Waals surface area contributed by atoms with Crippen molar-refractivity contribution in [2.24, 2.45) is 0 Å². The second-order valence-electron chi connectivity index (χ2n) is 4.94. The predicted molar refractivity (Wildman–Crippen MR) is 66.8 cm³/mol. The fourth-order valence-corrected chi connectivity index (χ4v) is 2.29. The number of carbonyl (C=O) groups is 1. The van der Waals surface area contributed by atoms with E-state index < -0.39 is 17.8 Å². The van der Waals surface area contributed by atoms with Crippen molar-refractivity contribution in [1.82, 2.24) is 4.90 Å². The lowest BCUT2D eigenvalue weighted by molar-refractivity contribution is -0.138. The zero-order valence-corrected chi connectivity index (χ0v) is 10.9. The zero-order valence-electron chi connectivity index (χ0n) is 10.9. The van der Waals surface area contributed by atoms with Crippen molar-refractivity contribution in [3.8, 4) is 0 Å². The fourth-order valence-electron chi connectivity index (χ4n) is 2.29. The fraction of sp³-hybridized carbons (Fsp3) is 0.500. The maximum absolute atomic E-state index is 12.6. The highest BCUT2D eigenvalue weighted by atomic mass is 19.4. The van der Waals surface area contributed by atoms with Gasteiger partial charge in [0.15, 0.2) is 0 Å². The number of aliphatic hydroxyl groups excluding tert-OH is 1. The second-order valence-corrected chi connectivity index (χ2v) is 4.94. The molecule has 1 amide bonds. The summed E-state index contributed by atoms with van der Waals surface area (Å²) in [7, 11) is 0. The molecule has 0 bridgehead atoms. The van der Waals surface area contributed by atoms with Gasteiger partial charge in [-0.25, -0.2) is 0 Å². The van der Waals surface area contributed by atoms with Crippen LogP contribution in [-0.2, 0) is 11.0 Å². The van der Waals surface area contributed by atoms with Crippen LogP contribution < -0.4 is 0 Å². The molecular formula is C14H16F3NO2. The van der Waals surface area contributed by atoms with E-state index >= 15 is 0 Å². The summed E-state index contributed by atoms with van der Waals surface area (Å²) in [6, 6.07) is 4.59. The average Bonchev–Trinajstić information content (AvgIpc) is 2.40. The maximum Gasteiger partial charge on any atom is 0.416 e. The summed E-state index contributed by atoms with van der Waals surface area (Å²) in [6.07, 6.45) is -3.40. The van der Waals surface area contributed by atoms with Gasteiger partial charge in [0, 0.05) is 13.0 Å². The molecule has 6 heteroatoms. The number of carbonyl (C=O) groups excluding carboxylic acids is 1. The highest BCUT2D eigenvalue weighted by Crippen LogP contribution is 2.31. The van der Waals surface area contributed by atoms with Crippen LogP contribution in [0.2, 0.25) is 0 Å². The van der Waals surface area contributed by atoms with Crippen LogP contribution in [0.1, 0.15) is 36.5 Å². The lowest BCUT2D eigenvalue weighted by Crippen LogP contribution is -2.38.